The Hall–Kier alpha value is -0.520. The molecule has 10 heavy (non-hydrogen) atoms. The van der Waals surface area contributed by atoms with Crippen molar-refractivity contribution in [3.63, 3.8) is 0 Å². The Labute approximate surface area is 63.6 Å². The lowest BCUT2D eigenvalue weighted by molar-refractivity contribution is 0.623. The summed E-state index contributed by atoms with van der Waals surface area (Å²) in [6.07, 6.45) is 10.5. The lowest BCUT2D eigenvalue weighted by Crippen LogP contribution is -1.93. The van der Waals surface area contributed by atoms with Crippen LogP contribution in [0.4, 0.5) is 0 Å². The number of allylic oxidation sites excluding steroid dienone is 4. The van der Waals surface area contributed by atoms with Gasteiger partial charge in [0, 0.05) is 0 Å². The molecule has 56 valence electrons. The third-order valence-corrected chi connectivity index (χ3v) is 1.77. The van der Waals surface area contributed by atoms with E-state index in [4.69, 9.17) is 0 Å². The fraction of sp³-hybridized carbons (Fsp3) is 0.600. The van der Waals surface area contributed by atoms with E-state index in [0.29, 0.717) is 0 Å². The highest BCUT2D eigenvalue weighted by atomic mass is 14.1. The topological polar surface area (TPSA) is 0 Å². The number of hydrogen-bond acceptors (Lipinski definition) is 0. The summed E-state index contributed by atoms with van der Waals surface area (Å²) in [4.78, 5) is 0. The van der Waals surface area contributed by atoms with Gasteiger partial charge in [-0.05, 0) is 25.2 Å². The average Bonchev–Trinajstić information content (AvgIpc) is 1.88. The summed E-state index contributed by atoms with van der Waals surface area (Å²) >= 11 is 0. The Morgan fingerprint density at radius 2 is 2.30 bits per heavy atom. The van der Waals surface area contributed by atoms with Gasteiger partial charge in [-0.2, -0.15) is 0 Å². The summed E-state index contributed by atoms with van der Waals surface area (Å²) in [5.41, 5.74) is 1.62. The van der Waals surface area contributed by atoms with E-state index in [1.807, 2.05) is 0 Å². The summed E-state index contributed by atoms with van der Waals surface area (Å²) in [6, 6.07) is 0. The van der Waals surface area contributed by atoms with Crippen molar-refractivity contribution in [1.29, 1.82) is 0 Å². The molecule has 0 spiro atoms. The Balaban J connectivity index is 2.39. The van der Waals surface area contributed by atoms with Crippen LogP contribution in [0.1, 0.15) is 33.1 Å². The van der Waals surface area contributed by atoms with Gasteiger partial charge >= 0.3 is 0 Å². The van der Waals surface area contributed by atoms with Crippen LogP contribution in [0, 0.1) is 5.92 Å². The molecular weight excluding hydrogens is 120 g/mol. The minimum absolute atomic E-state index is 0.817. The second-order valence-corrected chi connectivity index (χ2v) is 3.39. The minimum atomic E-state index is 0.817. The largest absolute Gasteiger partial charge is 0.0842 e. The molecule has 0 bridgehead atoms. The van der Waals surface area contributed by atoms with E-state index in [2.05, 4.69) is 32.1 Å². The Kier molecular flexibility index (Phi) is 2.73. The van der Waals surface area contributed by atoms with Crippen LogP contribution in [-0.2, 0) is 0 Å². The first kappa shape index (κ1) is 7.59. The second kappa shape index (κ2) is 3.60. The molecule has 0 N–H and O–H groups in total. The molecule has 0 amide bonds. The zero-order chi connectivity index (χ0) is 7.40. The first-order valence-electron chi connectivity index (χ1n) is 4.13. The number of hydrogen-bond donors (Lipinski definition) is 0. The molecule has 0 saturated heterocycles. The van der Waals surface area contributed by atoms with Crippen LogP contribution in [0.3, 0.4) is 0 Å². The normalized spacial score (nSPS) is 17.7. The van der Waals surface area contributed by atoms with E-state index >= 15 is 0 Å². The van der Waals surface area contributed by atoms with Gasteiger partial charge in [-0.1, -0.05) is 37.6 Å². The van der Waals surface area contributed by atoms with E-state index in [1.54, 1.807) is 5.57 Å². The molecule has 1 rings (SSSR count). The average molecular weight is 136 g/mol. The van der Waals surface area contributed by atoms with Crippen LogP contribution >= 0.6 is 0 Å². The van der Waals surface area contributed by atoms with E-state index < -0.39 is 0 Å². The molecule has 0 fully saturated rings. The van der Waals surface area contributed by atoms with Crippen molar-refractivity contribution in [2.45, 2.75) is 33.1 Å². The summed E-state index contributed by atoms with van der Waals surface area (Å²) in [5, 5.41) is 0. The van der Waals surface area contributed by atoms with Gasteiger partial charge in [0.15, 0.2) is 0 Å². The van der Waals surface area contributed by atoms with Crippen molar-refractivity contribution < 1.29 is 0 Å². The van der Waals surface area contributed by atoms with E-state index in [1.165, 1.54) is 19.3 Å². The molecule has 0 saturated carbocycles. The van der Waals surface area contributed by atoms with Gasteiger partial charge in [0.25, 0.3) is 0 Å². The molecule has 0 heteroatoms. The van der Waals surface area contributed by atoms with Crippen LogP contribution in [-0.4, -0.2) is 0 Å². The SMILES string of the molecule is CC(C)CC1=CC=CCC1. The zero-order valence-corrected chi connectivity index (χ0v) is 6.93. The predicted octanol–water partition coefficient (Wildman–Crippen LogP) is 3.31. The standard InChI is InChI=1S/C10H16/c1-9(2)8-10-6-4-3-5-7-10/h3-4,6,9H,5,7-8H2,1-2H3. The molecule has 0 aromatic heterocycles. The summed E-state index contributed by atoms with van der Waals surface area (Å²) in [6.45, 7) is 4.55. The maximum Gasteiger partial charge on any atom is -0.0282 e. The molecule has 0 unspecified atom stereocenters. The first-order valence-corrected chi connectivity index (χ1v) is 4.13. The molecule has 0 heterocycles. The second-order valence-electron chi connectivity index (χ2n) is 3.39. The van der Waals surface area contributed by atoms with Crippen molar-refractivity contribution in [3.8, 4) is 0 Å². The van der Waals surface area contributed by atoms with Crippen LogP contribution < -0.4 is 0 Å². The van der Waals surface area contributed by atoms with Gasteiger partial charge in [0.05, 0.1) is 0 Å². The van der Waals surface area contributed by atoms with Crippen molar-refractivity contribution >= 4 is 0 Å². The molecule has 0 atom stereocenters. The van der Waals surface area contributed by atoms with Crippen molar-refractivity contribution in [3.05, 3.63) is 23.8 Å². The first-order chi connectivity index (χ1) is 4.79. The Bertz CT molecular complexity index is 149. The van der Waals surface area contributed by atoms with Gasteiger partial charge in [-0.25, -0.2) is 0 Å². The van der Waals surface area contributed by atoms with Crippen LogP contribution in [0.5, 0.6) is 0 Å². The third kappa shape index (κ3) is 2.38. The van der Waals surface area contributed by atoms with E-state index in [0.717, 1.165) is 5.92 Å². The van der Waals surface area contributed by atoms with Gasteiger partial charge < -0.3 is 0 Å². The highest BCUT2D eigenvalue weighted by Gasteiger charge is 2.01. The van der Waals surface area contributed by atoms with Gasteiger partial charge in [0.1, 0.15) is 0 Å². The zero-order valence-electron chi connectivity index (χ0n) is 6.93. The smallest absolute Gasteiger partial charge is 0.0282 e. The Morgan fingerprint density at radius 3 is 2.80 bits per heavy atom. The lowest BCUT2D eigenvalue weighted by Gasteiger charge is -2.10. The molecule has 0 aromatic carbocycles. The fourth-order valence-electron chi connectivity index (χ4n) is 1.35. The van der Waals surface area contributed by atoms with Crippen molar-refractivity contribution in [2.24, 2.45) is 5.92 Å². The summed E-state index contributed by atoms with van der Waals surface area (Å²) in [7, 11) is 0. The maximum absolute atomic E-state index is 2.28. The molecule has 0 aliphatic heterocycles. The van der Waals surface area contributed by atoms with Crippen LogP contribution in [0.15, 0.2) is 23.8 Å². The third-order valence-electron chi connectivity index (χ3n) is 1.77. The molecule has 0 nitrogen and oxygen atoms in total. The predicted molar refractivity (Wildman–Crippen MR) is 45.9 cm³/mol. The molecule has 0 aromatic rings. The maximum atomic E-state index is 2.28. The Morgan fingerprint density at radius 1 is 1.50 bits per heavy atom. The quantitative estimate of drug-likeness (QED) is 0.546. The minimum Gasteiger partial charge on any atom is -0.0842 e. The molecule has 0 radical (unpaired) electrons. The van der Waals surface area contributed by atoms with E-state index in [9.17, 15) is 0 Å². The number of rotatable bonds is 2. The van der Waals surface area contributed by atoms with Crippen molar-refractivity contribution in [2.75, 3.05) is 0 Å². The van der Waals surface area contributed by atoms with Crippen LogP contribution in [0.25, 0.3) is 0 Å². The highest BCUT2D eigenvalue weighted by Crippen LogP contribution is 2.19. The van der Waals surface area contributed by atoms with Gasteiger partial charge in [-0.3, -0.25) is 0 Å². The monoisotopic (exact) mass is 136 g/mol. The molecular formula is C10H16. The van der Waals surface area contributed by atoms with Crippen LogP contribution in [0.2, 0.25) is 0 Å². The molecule has 1 aliphatic rings. The highest BCUT2D eigenvalue weighted by molar-refractivity contribution is 5.17. The van der Waals surface area contributed by atoms with Gasteiger partial charge in [-0.15, -0.1) is 0 Å². The summed E-state index contributed by atoms with van der Waals surface area (Å²) < 4.78 is 0. The van der Waals surface area contributed by atoms with E-state index in [-0.39, 0.29) is 0 Å². The van der Waals surface area contributed by atoms with Gasteiger partial charge in [0.2, 0.25) is 0 Å². The van der Waals surface area contributed by atoms with Crippen molar-refractivity contribution in [1.82, 2.24) is 0 Å². The molecule has 1 aliphatic carbocycles. The fourth-order valence-corrected chi connectivity index (χ4v) is 1.35. The summed E-state index contributed by atoms with van der Waals surface area (Å²) in [5.74, 6) is 0.817. The lowest BCUT2D eigenvalue weighted by atomic mass is 9.96.